The van der Waals surface area contributed by atoms with Gasteiger partial charge >= 0.3 is 0 Å². The summed E-state index contributed by atoms with van der Waals surface area (Å²) >= 11 is 0. The lowest BCUT2D eigenvalue weighted by molar-refractivity contribution is -0.126. The Labute approximate surface area is 247 Å². The fourth-order valence-corrected chi connectivity index (χ4v) is 6.55. The van der Waals surface area contributed by atoms with Crippen LogP contribution >= 0.6 is 0 Å². The first kappa shape index (κ1) is 27.9. The summed E-state index contributed by atoms with van der Waals surface area (Å²) in [6.45, 7) is 6.49. The third kappa shape index (κ3) is 5.47. The van der Waals surface area contributed by atoms with E-state index in [9.17, 15) is 9.59 Å². The summed E-state index contributed by atoms with van der Waals surface area (Å²) in [7, 11) is 0. The first-order valence-corrected chi connectivity index (χ1v) is 14.8. The van der Waals surface area contributed by atoms with E-state index in [0.29, 0.717) is 18.8 Å². The van der Waals surface area contributed by atoms with Crippen LogP contribution in [-0.2, 0) is 10.3 Å². The molecule has 1 fully saturated rings. The lowest BCUT2D eigenvalue weighted by Crippen LogP contribution is -2.64. The molecule has 3 aliphatic rings. The van der Waals surface area contributed by atoms with Gasteiger partial charge in [0.2, 0.25) is 5.91 Å². The average molecular weight is 563 g/mol. The van der Waals surface area contributed by atoms with Gasteiger partial charge in [0.1, 0.15) is 6.67 Å². The number of nitrogens with one attached hydrogen (secondary N) is 2. The third-order valence-corrected chi connectivity index (χ3v) is 8.68. The molecule has 8 nitrogen and oxygen atoms in total. The lowest BCUT2D eigenvalue weighted by atomic mass is 9.69. The van der Waals surface area contributed by atoms with Crippen molar-refractivity contribution in [2.75, 3.05) is 39.4 Å². The Balaban J connectivity index is 1.36. The molecule has 2 N–H and O–H groups in total. The van der Waals surface area contributed by atoms with Gasteiger partial charge in [-0.15, -0.1) is 0 Å². The first-order chi connectivity index (χ1) is 20.6. The molecule has 2 amide bonds. The predicted molar refractivity (Wildman–Crippen MR) is 165 cm³/mol. The molecular formula is C34H38N6O2. The van der Waals surface area contributed by atoms with Crippen LogP contribution in [0.25, 0.3) is 0 Å². The number of hydrazine groups is 1. The largest absolute Gasteiger partial charge is 0.349 e. The van der Waals surface area contributed by atoms with Crippen molar-refractivity contribution in [1.29, 1.82) is 0 Å². The summed E-state index contributed by atoms with van der Waals surface area (Å²) in [4.78, 5) is 35.1. The number of carbonyl (C=O) groups excluding carboxylic acids is 2. The molecule has 3 aliphatic heterocycles. The molecule has 8 heteroatoms. The molecule has 3 atom stereocenters. The minimum Gasteiger partial charge on any atom is -0.349 e. The van der Waals surface area contributed by atoms with E-state index < -0.39 is 11.5 Å². The molecule has 1 saturated heterocycles. The maximum absolute atomic E-state index is 14.6. The summed E-state index contributed by atoms with van der Waals surface area (Å²) in [6.07, 6.45) is 6.60. The molecule has 6 rings (SSSR count). The standard InChI is InChI=1S/C34H38N6O2/c1-2-30(26-12-5-3-6-13-26)36-33(42)31-28-16-9-10-17-29(28)32(41)37-34(31,27-14-7-4-8-15-27)24-38-20-22-39(23-21-38)40-19-11-18-35-25-40/h3-19,30-31H,2,20-25H2,1H3,(H,36,42)(H,37,41)/t30-,31?,34?/m0/s1. The molecule has 0 aromatic heterocycles. The zero-order chi connectivity index (χ0) is 28.9. The summed E-state index contributed by atoms with van der Waals surface area (Å²) < 4.78 is 0. The number of amides is 2. The van der Waals surface area contributed by atoms with Crippen LogP contribution < -0.4 is 10.6 Å². The van der Waals surface area contributed by atoms with Gasteiger partial charge in [-0.2, -0.15) is 0 Å². The van der Waals surface area contributed by atoms with E-state index in [-0.39, 0.29) is 17.9 Å². The monoisotopic (exact) mass is 562 g/mol. The van der Waals surface area contributed by atoms with Crippen LogP contribution in [-0.4, -0.2) is 72.3 Å². The van der Waals surface area contributed by atoms with Gasteiger partial charge in [0, 0.05) is 50.7 Å². The fourth-order valence-electron chi connectivity index (χ4n) is 6.55. The third-order valence-electron chi connectivity index (χ3n) is 8.68. The van der Waals surface area contributed by atoms with E-state index in [0.717, 1.165) is 49.3 Å². The normalized spacial score (nSPS) is 23.2. The number of rotatable bonds is 8. The van der Waals surface area contributed by atoms with Crippen LogP contribution in [0.1, 0.15) is 52.4 Å². The molecule has 0 radical (unpaired) electrons. The van der Waals surface area contributed by atoms with Gasteiger partial charge in [-0.1, -0.05) is 85.8 Å². The molecule has 0 saturated carbocycles. The van der Waals surface area contributed by atoms with E-state index in [1.807, 2.05) is 85.1 Å². The molecule has 0 aliphatic carbocycles. The molecule has 2 unspecified atom stereocenters. The van der Waals surface area contributed by atoms with Crippen molar-refractivity contribution in [3.8, 4) is 0 Å². The summed E-state index contributed by atoms with van der Waals surface area (Å²) in [6, 6.07) is 27.5. The highest BCUT2D eigenvalue weighted by Gasteiger charge is 2.52. The Morgan fingerprint density at radius 1 is 0.976 bits per heavy atom. The highest BCUT2D eigenvalue weighted by Crippen LogP contribution is 2.43. The topological polar surface area (TPSA) is 80.3 Å². The number of piperazine rings is 1. The molecule has 3 heterocycles. The molecule has 0 spiro atoms. The smallest absolute Gasteiger partial charge is 0.252 e. The average Bonchev–Trinajstić information content (AvgIpc) is 3.05. The number of aliphatic imine (C=N–C) groups is 1. The van der Waals surface area contributed by atoms with Crippen molar-refractivity contribution < 1.29 is 9.59 Å². The van der Waals surface area contributed by atoms with Gasteiger partial charge in [0.25, 0.3) is 5.91 Å². The minimum absolute atomic E-state index is 0.0862. The Morgan fingerprint density at radius 3 is 2.36 bits per heavy atom. The molecule has 3 aromatic carbocycles. The Morgan fingerprint density at radius 2 is 1.67 bits per heavy atom. The van der Waals surface area contributed by atoms with E-state index in [4.69, 9.17) is 0 Å². The van der Waals surface area contributed by atoms with Crippen molar-refractivity contribution in [3.63, 3.8) is 0 Å². The summed E-state index contributed by atoms with van der Waals surface area (Å²) in [5.74, 6) is -0.857. The summed E-state index contributed by atoms with van der Waals surface area (Å²) in [5, 5.41) is 11.2. The van der Waals surface area contributed by atoms with E-state index >= 15 is 0 Å². The maximum atomic E-state index is 14.6. The summed E-state index contributed by atoms with van der Waals surface area (Å²) in [5.41, 5.74) is 2.36. The van der Waals surface area contributed by atoms with Gasteiger partial charge < -0.3 is 10.6 Å². The second kappa shape index (κ2) is 12.3. The highest BCUT2D eigenvalue weighted by molar-refractivity contribution is 6.02. The predicted octanol–water partition coefficient (Wildman–Crippen LogP) is 4.07. The molecular weight excluding hydrogens is 524 g/mol. The Bertz CT molecular complexity index is 1450. The van der Waals surface area contributed by atoms with Crippen molar-refractivity contribution >= 4 is 18.0 Å². The van der Waals surface area contributed by atoms with Crippen LogP contribution in [0.3, 0.4) is 0 Å². The van der Waals surface area contributed by atoms with Gasteiger partial charge in [-0.25, -0.2) is 5.01 Å². The quantitative estimate of drug-likeness (QED) is 0.433. The number of hydrogen-bond donors (Lipinski definition) is 2. The Kier molecular flexibility index (Phi) is 8.17. The number of allylic oxidation sites excluding steroid dienone is 1. The van der Waals surface area contributed by atoms with Crippen LogP contribution in [0.4, 0.5) is 0 Å². The van der Waals surface area contributed by atoms with Crippen LogP contribution in [0.2, 0.25) is 0 Å². The SMILES string of the molecule is CC[C@H](NC(=O)C1c2ccccc2C(=O)NC1(CN1CCN(N2C=CC=NC2)CC1)c1ccccc1)c1ccccc1. The fraction of sp³-hybridized carbons (Fsp3) is 0.324. The van der Waals surface area contributed by atoms with E-state index in [2.05, 4.69) is 55.8 Å². The highest BCUT2D eigenvalue weighted by atomic mass is 16.2. The van der Waals surface area contributed by atoms with Gasteiger partial charge in [-0.05, 0) is 35.3 Å². The number of nitrogens with zero attached hydrogens (tertiary/aromatic N) is 4. The Hall–Kier alpha value is -4.27. The molecule has 216 valence electrons. The van der Waals surface area contributed by atoms with Gasteiger partial charge in [0.05, 0.1) is 17.5 Å². The first-order valence-electron chi connectivity index (χ1n) is 14.8. The van der Waals surface area contributed by atoms with Gasteiger partial charge in [0.15, 0.2) is 0 Å². The van der Waals surface area contributed by atoms with Gasteiger partial charge in [-0.3, -0.25) is 24.5 Å². The van der Waals surface area contributed by atoms with E-state index in [1.165, 1.54) is 0 Å². The number of benzene rings is 3. The zero-order valence-electron chi connectivity index (χ0n) is 24.0. The van der Waals surface area contributed by atoms with Crippen LogP contribution in [0.15, 0.2) is 102 Å². The van der Waals surface area contributed by atoms with E-state index in [1.54, 1.807) is 0 Å². The molecule has 0 bridgehead atoms. The second-order valence-electron chi connectivity index (χ2n) is 11.2. The number of fused-ring (bicyclic) bond motifs is 1. The molecule has 3 aromatic rings. The lowest BCUT2D eigenvalue weighted by Gasteiger charge is -2.49. The second-order valence-corrected chi connectivity index (χ2v) is 11.2. The van der Waals surface area contributed by atoms with Crippen molar-refractivity contribution in [2.24, 2.45) is 4.99 Å². The maximum Gasteiger partial charge on any atom is 0.252 e. The number of hydrogen-bond acceptors (Lipinski definition) is 6. The van der Waals surface area contributed by atoms with Crippen LogP contribution in [0, 0.1) is 0 Å². The van der Waals surface area contributed by atoms with Crippen LogP contribution in [0.5, 0.6) is 0 Å². The zero-order valence-corrected chi connectivity index (χ0v) is 24.0. The number of carbonyl (C=O) groups is 2. The molecule has 42 heavy (non-hydrogen) atoms. The minimum atomic E-state index is -0.955. The van der Waals surface area contributed by atoms with Crippen molar-refractivity contribution in [2.45, 2.75) is 30.8 Å². The van der Waals surface area contributed by atoms with Crippen molar-refractivity contribution in [1.82, 2.24) is 25.6 Å². The van der Waals surface area contributed by atoms with Crippen molar-refractivity contribution in [3.05, 3.63) is 119 Å².